The van der Waals surface area contributed by atoms with Gasteiger partial charge in [-0.15, -0.1) is 0 Å². The average Bonchev–Trinajstić information content (AvgIpc) is 2.92. The molecule has 3 aromatic rings. The summed E-state index contributed by atoms with van der Waals surface area (Å²) in [6.07, 6.45) is 1.78. The van der Waals surface area contributed by atoms with Gasteiger partial charge in [0.2, 0.25) is 0 Å². The van der Waals surface area contributed by atoms with Gasteiger partial charge in [-0.2, -0.15) is 0 Å². The maximum atomic E-state index is 13.7. The molecule has 0 aromatic heterocycles. The van der Waals surface area contributed by atoms with Crippen LogP contribution in [-0.4, -0.2) is 63.0 Å². The third kappa shape index (κ3) is 7.29. The van der Waals surface area contributed by atoms with Gasteiger partial charge in [-0.1, -0.05) is 49.7 Å². The fourth-order valence-corrected chi connectivity index (χ4v) is 4.18. The molecule has 0 aliphatic rings. The number of hydrogen-bond acceptors (Lipinski definition) is 5. The molecule has 2 N–H and O–H groups in total. The van der Waals surface area contributed by atoms with Crippen LogP contribution in [0.15, 0.2) is 60.7 Å². The molecule has 0 aliphatic heterocycles. The number of likely N-dealkylation sites (N-methyl/N-ethyl adjacent to an activating group) is 1. The van der Waals surface area contributed by atoms with Crippen LogP contribution in [0.4, 0.5) is 0 Å². The summed E-state index contributed by atoms with van der Waals surface area (Å²) in [5.74, 6) is -0.875. The van der Waals surface area contributed by atoms with E-state index < -0.39 is 5.97 Å². The van der Waals surface area contributed by atoms with Crippen molar-refractivity contribution in [3.05, 3.63) is 83.4 Å². The fraction of sp³-hybridized carbons (Fsp3) is 0.323. The van der Waals surface area contributed by atoms with Crippen LogP contribution in [-0.2, 0) is 4.74 Å². The van der Waals surface area contributed by atoms with Crippen molar-refractivity contribution in [2.24, 2.45) is 0 Å². The van der Waals surface area contributed by atoms with Gasteiger partial charge in [0.15, 0.2) is 0 Å². The van der Waals surface area contributed by atoms with E-state index in [9.17, 15) is 14.4 Å². The molecule has 2 amide bonds. The van der Waals surface area contributed by atoms with Crippen LogP contribution in [0.2, 0.25) is 0 Å². The van der Waals surface area contributed by atoms with Gasteiger partial charge in [0, 0.05) is 30.8 Å². The Bertz CT molecular complexity index is 1290. The highest BCUT2D eigenvalue weighted by atomic mass is 16.5. The zero-order valence-electron chi connectivity index (χ0n) is 22.8. The van der Waals surface area contributed by atoms with Gasteiger partial charge < -0.3 is 20.3 Å². The molecule has 199 valence electrons. The number of rotatable bonds is 11. The first-order valence-corrected chi connectivity index (χ1v) is 12.9. The molecule has 3 aromatic carbocycles. The first-order chi connectivity index (χ1) is 18.2. The second kappa shape index (κ2) is 13.5. The quantitative estimate of drug-likeness (QED) is 0.359. The van der Waals surface area contributed by atoms with E-state index in [4.69, 9.17) is 4.74 Å². The number of hydrogen-bond donors (Lipinski definition) is 2. The summed E-state index contributed by atoms with van der Waals surface area (Å²) in [4.78, 5) is 40.6. The molecular weight excluding hydrogens is 478 g/mol. The van der Waals surface area contributed by atoms with Gasteiger partial charge in [0.05, 0.1) is 11.1 Å². The van der Waals surface area contributed by atoms with Crippen molar-refractivity contribution in [1.29, 1.82) is 0 Å². The molecule has 0 saturated heterocycles. The van der Waals surface area contributed by atoms with E-state index in [0.717, 1.165) is 18.4 Å². The van der Waals surface area contributed by atoms with Gasteiger partial charge in [0.25, 0.3) is 11.8 Å². The zero-order valence-corrected chi connectivity index (χ0v) is 22.8. The Morgan fingerprint density at radius 2 is 1.66 bits per heavy atom. The molecule has 38 heavy (non-hydrogen) atoms. The summed E-state index contributed by atoms with van der Waals surface area (Å²) in [6.45, 7) is 4.95. The highest BCUT2D eigenvalue weighted by Crippen LogP contribution is 2.33. The second-order valence-electron chi connectivity index (χ2n) is 9.48. The van der Waals surface area contributed by atoms with Gasteiger partial charge in [0.1, 0.15) is 6.61 Å². The number of benzene rings is 3. The largest absolute Gasteiger partial charge is 0.461 e. The molecule has 0 bridgehead atoms. The molecule has 0 fully saturated rings. The van der Waals surface area contributed by atoms with E-state index in [1.165, 1.54) is 0 Å². The number of amides is 2. The number of esters is 1. The van der Waals surface area contributed by atoms with Crippen molar-refractivity contribution in [2.75, 3.05) is 34.3 Å². The van der Waals surface area contributed by atoms with Crippen LogP contribution in [0.1, 0.15) is 57.8 Å². The molecule has 0 heterocycles. The van der Waals surface area contributed by atoms with Gasteiger partial charge in [-0.3, -0.25) is 9.59 Å². The summed E-state index contributed by atoms with van der Waals surface area (Å²) < 4.78 is 5.42. The third-order valence-electron chi connectivity index (χ3n) is 6.14. The number of nitrogens with one attached hydrogen (secondary N) is 2. The Hall–Kier alpha value is -3.97. The standard InChI is InChI=1S/C31H36N3O4/c1-6-10-21(2)33-30(36)28-26(22-11-7-13-24(19-22)29(35)32-3)15-9-16-27(28)23-12-8-14-25(20-23)31(37)38-18-17-34(4)5/h7-9,11-15,19-21H,6,10,17-18H2,1-5H3,(H,32,35)(H,33,36). The lowest BCUT2D eigenvalue weighted by molar-refractivity contribution is 0.0481. The molecule has 1 unspecified atom stereocenters. The zero-order chi connectivity index (χ0) is 27.7. The maximum absolute atomic E-state index is 13.7. The molecule has 0 saturated carbocycles. The lowest BCUT2D eigenvalue weighted by Gasteiger charge is -2.19. The molecular formula is C31H36N3O4. The van der Waals surface area contributed by atoms with Crippen molar-refractivity contribution in [1.82, 2.24) is 15.5 Å². The number of carbonyl (C=O) groups excluding carboxylic acids is 3. The molecule has 0 spiro atoms. The average molecular weight is 515 g/mol. The molecule has 7 heteroatoms. The normalized spacial score (nSPS) is 11.6. The highest BCUT2D eigenvalue weighted by Gasteiger charge is 2.21. The Labute approximate surface area is 225 Å². The first kappa shape index (κ1) is 28.6. The number of nitrogens with zero attached hydrogens (tertiary/aromatic N) is 1. The maximum Gasteiger partial charge on any atom is 0.338 e. The van der Waals surface area contributed by atoms with Crippen LogP contribution in [0.3, 0.4) is 0 Å². The van der Waals surface area contributed by atoms with Crippen LogP contribution < -0.4 is 10.6 Å². The molecule has 1 atom stereocenters. The SMILES string of the molecule is CCCC(C)NC(=O)c1c(-c2cccc(C(=O)OCCN(C)C)c2)[c]ccc1-c1cccc(C(=O)NC)c1. The summed E-state index contributed by atoms with van der Waals surface area (Å²) in [5, 5.41) is 5.75. The van der Waals surface area contributed by atoms with Crippen molar-refractivity contribution in [3.8, 4) is 22.3 Å². The number of carbonyl (C=O) groups is 3. The topological polar surface area (TPSA) is 87.7 Å². The van der Waals surface area contributed by atoms with Crippen molar-refractivity contribution >= 4 is 17.8 Å². The Balaban J connectivity index is 2.10. The minimum absolute atomic E-state index is 0.0244. The Morgan fingerprint density at radius 1 is 0.974 bits per heavy atom. The Morgan fingerprint density at radius 3 is 2.34 bits per heavy atom. The minimum atomic E-state index is -0.425. The van der Waals surface area contributed by atoms with Crippen LogP contribution in [0.5, 0.6) is 0 Å². The van der Waals surface area contributed by atoms with Crippen molar-refractivity contribution in [2.45, 2.75) is 32.7 Å². The number of ether oxygens (including phenoxy) is 1. The lowest BCUT2D eigenvalue weighted by Crippen LogP contribution is -2.33. The minimum Gasteiger partial charge on any atom is -0.461 e. The molecule has 1 radical (unpaired) electrons. The fourth-order valence-electron chi connectivity index (χ4n) is 4.18. The summed E-state index contributed by atoms with van der Waals surface area (Å²) in [6, 6.07) is 21.0. The van der Waals surface area contributed by atoms with Gasteiger partial charge >= 0.3 is 5.97 Å². The molecule has 3 rings (SSSR count). The van der Waals surface area contributed by atoms with Crippen molar-refractivity contribution < 1.29 is 19.1 Å². The molecule has 7 nitrogen and oxygen atoms in total. The van der Waals surface area contributed by atoms with E-state index >= 15 is 0 Å². The van der Waals surface area contributed by atoms with Crippen LogP contribution in [0, 0.1) is 6.07 Å². The van der Waals surface area contributed by atoms with E-state index in [0.29, 0.717) is 39.9 Å². The van der Waals surface area contributed by atoms with Gasteiger partial charge in [-0.25, -0.2) is 4.79 Å². The second-order valence-corrected chi connectivity index (χ2v) is 9.48. The first-order valence-electron chi connectivity index (χ1n) is 12.9. The highest BCUT2D eigenvalue weighted by molar-refractivity contribution is 6.07. The lowest BCUT2D eigenvalue weighted by atomic mass is 9.90. The van der Waals surface area contributed by atoms with Crippen molar-refractivity contribution in [3.63, 3.8) is 0 Å². The summed E-state index contributed by atoms with van der Waals surface area (Å²) >= 11 is 0. The van der Waals surface area contributed by atoms with E-state index in [1.807, 2.05) is 44.1 Å². The predicted molar refractivity (Wildman–Crippen MR) is 150 cm³/mol. The van der Waals surface area contributed by atoms with Gasteiger partial charge in [-0.05, 0) is 74.5 Å². The Kier molecular flexibility index (Phi) is 10.2. The van der Waals surface area contributed by atoms with E-state index in [2.05, 4.69) is 23.6 Å². The van der Waals surface area contributed by atoms with E-state index in [-0.39, 0.29) is 24.5 Å². The smallest absolute Gasteiger partial charge is 0.338 e. The summed E-state index contributed by atoms with van der Waals surface area (Å²) in [5.41, 5.74) is 3.96. The van der Waals surface area contributed by atoms with Crippen LogP contribution >= 0.6 is 0 Å². The molecule has 0 aliphatic carbocycles. The third-order valence-corrected chi connectivity index (χ3v) is 6.14. The van der Waals surface area contributed by atoms with Crippen LogP contribution in [0.25, 0.3) is 22.3 Å². The van der Waals surface area contributed by atoms with E-state index in [1.54, 1.807) is 49.5 Å². The predicted octanol–water partition coefficient (Wildman–Crippen LogP) is 4.82. The summed E-state index contributed by atoms with van der Waals surface area (Å²) in [7, 11) is 5.41. The monoisotopic (exact) mass is 514 g/mol.